The highest BCUT2D eigenvalue weighted by atomic mass is 16.1. The van der Waals surface area contributed by atoms with Gasteiger partial charge in [0.1, 0.15) is 0 Å². The van der Waals surface area contributed by atoms with Crippen molar-refractivity contribution in [2.75, 3.05) is 12.4 Å². The summed E-state index contributed by atoms with van der Waals surface area (Å²) < 4.78 is 1.68. The van der Waals surface area contributed by atoms with Crippen molar-refractivity contribution in [1.29, 1.82) is 0 Å². The van der Waals surface area contributed by atoms with E-state index < -0.39 is 0 Å². The summed E-state index contributed by atoms with van der Waals surface area (Å²) in [5.41, 5.74) is 3.61. The number of aryl methyl sites for hydroxylation is 1. The molecule has 0 saturated carbocycles. The van der Waals surface area contributed by atoms with Crippen LogP contribution in [-0.2, 0) is 6.54 Å². The lowest BCUT2D eigenvalue weighted by Crippen LogP contribution is -2.17. The third-order valence-electron chi connectivity index (χ3n) is 3.66. The lowest BCUT2D eigenvalue weighted by Gasteiger charge is -2.09. The van der Waals surface area contributed by atoms with E-state index in [1.807, 2.05) is 55.5 Å². The molecule has 0 spiro atoms. The highest BCUT2D eigenvalue weighted by Gasteiger charge is 2.05. The standard InChI is InChI=1S/C17H18N6O/c1-12-20-21-22-23(12)16-5-3-4-15(10-16)19-11-13-6-8-14(9-7-13)17(24)18-2/h3-10,19H,11H2,1-2H3,(H,18,24). The molecule has 0 fully saturated rings. The zero-order chi connectivity index (χ0) is 16.9. The van der Waals surface area contributed by atoms with E-state index in [-0.39, 0.29) is 5.91 Å². The fraction of sp³-hybridized carbons (Fsp3) is 0.176. The normalized spacial score (nSPS) is 10.4. The molecule has 1 aromatic heterocycles. The minimum absolute atomic E-state index is 0.0842. The minimum Gasteiger partial charge on any atom is -0.381 e. The third-order valence-corrected chi connectivity index (χ3v) is 3.66. The fourth-order valence-corrected chi connectivity index (χ4v) is 2.34. The van der Waals surface area contributed by atoms with Crippen molar-refractivity contribution in [3.63, 3.8) is 0 Å². The maximum atomic E-state index is 11.5. The molecule has 1 heterocycles. The molecule has 0 aliphatic heterocycles. The number of anilines is 1. The number of tetrazole rings is 1. The number of nitrogens with one attached hydrogen (secondary N) is 2. The number of carbonyl (C=O) groups excluding carboxylic acids is 1. The number of nitrogens with zero attached hydrogens (tertiary/aromatic N) is 4. The Kier molecular flexibility index (Phi) is 4.51. The van der Waals surface area contributed by atoms with Crippen LogP contribution in [0, 0.1) is 6.92 Å². The van der Waals surface area contributed by atoms with Crippen LogP contribution in [0.3, 0.4) is 0 Å². The van der Waals surface area contributed by atoms with Gasteiger partial charge in [0.15, 0.2) is 5.82 Å². The number of hydrogen-bond donors (Lipinski definition) is 2. The van der Waals surface area contributed by atoms with E-state index in [0.29, 0.717) is 12.1 Å². The summed E-state index contributed by atoms with van der Waals surface area (Å²) in [6, 6.07) is 15.4. The van der Waals surface area contributed by atoms with Gasteiger partial charge in [-0.1, -0.05) is 18.2 Å². The molecule has 0 atom stereocenters. The van der Waals surface area contributed by atoms with Crippen LogP contribution in [0.15, 0.2) is 48.5 Å². The molecule has 0 saturated heterocycles. The van der Waals surface area contributed by atoms with Crippen molar-refractivity contribution in [3.05, 3.63) is 65.5 Å². The van der Waals surface area contributed by atoms with Crippen LogP contribution in [0.4, 0.5) is 5.69 Å². The SMILES string of the molecule is CNC(=O)c1ccc(CNc2cccc(-n3nnnc3C)c2)cc1. The Morgan fingerprint density at radius 2 is 1.96 bits per heavy atom. The maximum absolute atomic E-state index is 11.5. The molecule has 1 amide bonds. The summed E-state index contributed by atoms with van der Waals surface area (Å²) in [4.78, 5) is 11.5. The predicted octanol–water partition coefficient (Wildman–Crippen LogP) is 1.94. The first-order valence-electron chi connectivity index (χ1n) is 7.57. The van der Waals surface area contributed by atoms with Gasteiger partial charge in [-0.15, -0.1) is 5.10 Å². The van der Waals surface area contributed by atoms with E-state index in [4.69, 9.17) is 0 Å². The molecule has 0 unspecified atom stereocenters. The first kappa shape index (κ1) is 15.7. The molecule has 3 aromatic rings. The molecular formula is C17H18N6O. The van der Waals surface area contributed by atoms with Gasteiger partial charge in [0, 0.05) is 24.8 Å². The van der Waals surface area contributed by atoms with Gasteiger partial charge in [-0.05, 0) is 53.2 Å². The molecule has 122 valence electrons. The van der Waals surface area contributed by atoms with Gasteiger partial charge in [-0.3, -0.25) is 4.79 Å². The molecule has 0 aliphatic carbocycles. The van der Waals surface area contributed by atoms with Gasteiger partial charge < -0.3 is 10.6 Å². The zero-order valence-corrected chi connectivity index (χ0v) is 13.5. The van der Waals surface area contributed by atoms with E-state index in [1.54, 1.807) is 11.7 Å². The quantitative estimate of drug-likeness (QED) is 0.750. The summed E-state index contributed by atoms with van der Waals surface area (Å²) in [7, 11) is 1.62. The van der Waals surface area contributed by atoms with Gasteiger partial charge in [0.05, 0.1) is 5.69 Å². The van der Waals surface area contributed by atoms with Crippen molar-refractivity contribution in [2.45, 2.75) is 13.5 Å². The van der Waals surface area contributed by atoms with Crippen molar-refractivity contribution < 1.29 is 4.79 Å². The molecule has 3 rings (SSSR count). The van der Waals surface area contributed by atoms with Crippen molar-refractivity contribution in [3.8, 4) is 5.69 Å². The van der Waals surface area contributed by atoms with Crippen molar-refractivity contribution in [1.82, 2.24) is 25.5 Å². The van der Waals surface area contributed by atoms with Gasteiger partial charge in [0.2, 0.25) is 0 Å². The van der Waals surface area contributed by atoms with Crippen LogP contribution in [0.5, 0.6) is 0 Å². The van der Waals surface area contributed by atoms with Crippen molar-refractivity contribution >= 4 is 11.6 Å². The minimum atomic E-state index is -0.0842. The molecule has 0 bridgehead atoms. The van der Waals surface area contributed by atoms with Crippen LogP contribution in [0.1, 0.15) is 21.7 Å². The van der Waals surface area contributed by atoms with Crippen LogP contribution in [0.2, 0.25) is 0 Å². The lowest BCUT2D eigenvalue weighted by atomic mass is 10.1. The largest absolute Gasteiger partial charge is 0.381 e. The number of rotatable bonds is 5. The lowest BCUT2D eigenvalue weighted by molar-refractivity contribution is 0.0963. The van der Waals surface area contributed by atoms with Gasteiger partial charge >= 0.3 is 0 Å². The van der Waals surface area contributed by atoms with E-state index >= 15 is 0 Å². The highest BCUT2D eigenvalue weighted by molar-refractivity contribution is 5.93. The third kappa shape index (κ3) is 3.40. The predicted molar refractivity (Wildman–Crippen MR) is 91.0 cm³/mol. The van der Waals surface area contributed by atoms with Crippen LogP contribution < -0.4 is 10.6 Å². The molecule has 7 nitrogen and oxygen atoms in total. The Morgan fingerprint density at radius 3 is 2.62 bits per heavy atom. The maximum Gasteiger partial charge on any atom is 0.251 e. The Bertz CT molecular complexity index is 840. The summed E-state index contributed by atoms with van der Waals surface area (Å²) in [5, 5.41) is 17.5. The Hall–Kier alpha value is -3.22. The molecule has 24 heavy (non-hydrogen) atoms. The molecule has 0 aliphatic rings. The summed E-state index contributed by atoms with van der Waals surface area (Å²) >= 11 is 0. The van der Waals surface area contributed by atoms with Crippen molar-refractivity contribution in [2.24, 2.45) is 0 Å². The molecule has 0 radical (unpaired) electrons. The number of carbonyl (C=O) groups is 1. The second-order valence-corrected chi connectivity index (χ2v) is 5.32. The van der Waals surface area contributed by atoms with E-state index in [9.17, 15) is 4.79 Å². The monoisotopic (exact) mass is 322 g/mol. The molecule has 7 heteroatoms. The number of benzene rings is 2. The van der Waals surface area contributed by atoms with Gasteiger partial charge in [-0.25, -0.2) is 0 Å². The van der Waals surface area contributed by atoms with Gasteiger partial charge in [-0.2, -0.15) is 4.68 Å². The first-order chi connectivity index (χ1) is 11.7. The topological polar surface area (TPSA) is 84.7 Å². The van der Waals surface area contributed by atoms with E-state index in [2.05, 4.69) is 26.2 Å². The van der Waals surface area contributed by atoms with E-state index in [1.165, 1.54) is 0 Å². The molecule has 2 N–H and O–H groups in total. The molecular weight excluding hydrogens is 304 g/mol. The Morgan fingerprint density at radius 1 is 1.17 bits per heavy atom. The average Bonchev–Trinajstić information content (AvgIpc) is 3.06. The molecule has 2 aromatic carbocycles. The Balaban J connectivity index is 1.69. The van der Waals surface area contributed by atoms with E-state index in [0.717, 1.165) is 22.8 Å². The first-order valence-corrected chi connectivity index (χ1v) is 7.57. The van der Waals surface area contributed by atoms with Crippen LogP contribution in [-0.4, -0.2) is 33.2 Å². The second kappa shape index (κ2) is 6.91. The zero-order valence-electron chi connectivity index (χ0n) is 13.5. The summed E-state index contributed by atoms with van der Waals surface area (Å²) in [5.74, 6) is 0.649. The fourth-order valence-electron chi connectivity index (χ4n) is 2.34. The number of hydrogen-bond acceptors (Lipinski definition) is 5. The number of amides is 1. The highest BCUT2D eigenvalue weighted by Crippen LogP contribution is 2.16. The second-order valence-electron chi connectivity index (χ2n) is 5.32. The number of aromatic nitrogens is 4. The average molecular weight is 322 g/mol. The van der Waals surface area contributed by atoms with Crippen LogP contribution in [0.25, 0.3) is 5.69 Å². The van der Waals surface area contributed by atoms with Gasteiger partial charge in [0.25, 0.3) is 5.91 Å². The smallest absolute Gasteiger partial charge is 0.251 e. The summed E-state index contributed by atoms with van der Waals surface area (Å²) in [6.45, 7) is 2.51. The van der Waals surface area contributed by atoms with Crippen LogP contribution >= 0.6 is 0 Å². The Labute approximate surface area is 139 Å². The summed E-state index contributed by atoms with van der Waals surface area (Å²) in [6.07, 6.45) is 0.